The molecule has 0 N–H and O–H groups in total. The molecule has 0 aromatic heterocycles. The van der Waals surface area contributed by atoms with Gasteiger partial charge in [0.25, 0.3) is 5.91 Å². The maximum atomic E-state index is 12.6. The van der Waals surface area contributed by atoms with Crippen LogP contribution in [0, 0.1) is 0 Å². The maximum absolute atomic E-state index is 12.6. The standard InChI is InChI=1S/C19H27N3O7S/c1-2-28-19(24)21-9-7-20(8-10-21)18(23)15-29-16-3-5-17(6-4-16)30(25,26)22-11-13-27-14-12-22/h3-6H,2,7-15H2,1H3. The van der Waals surface area contributed by atoms with Gasteiger partial charge in [0, 0.05) is 39.3 Å². The molecule has 1 aromatic carbocycles. The van der Waals surface area contributed by atoms with Crippen LogP contribution in [0.4, 0.5) is 4.79 Å². The van der Waals surface area contributed by atoms with Crippen molar-refractivity contribution in [2.75, 3.05) is 65.7 Å². The molecule has 1 aromatic rings. The van der Waals surface area contributed by atoms with Crippen molar-refractivity contribution < 1.29 is 32.2 Å². The highest BCUT2D eigenvalue weighted by Gasteiger charge is 2.27. The van der Waals surface area contributed by atoms with Crippen LogP contribution < -0.4 is 4.74 Å². The number of piperazine rings is 1. The topological polar surface area (TPSA) is 106 Å². The second-order valence-electron chi connectivity index (χ2n) is 6.84. The van der Waals surface area contributed by atoms with E-state index in [4.69, 9.17) is 14.2 Å². The molecule has 3 rings (SSSR count). The zero-order valence-corrected chi connectivity index (χ0v) is 17.8. The number of sulfonamides is 1. The van der Waals surface area contributed by atoms with E-state index in [9.17, 15) is 18.0 Å². The molecule has 10 nitrogen and oxygen atoms in total. The fraction of sp³-hybridized carbons (Fsp3) is 0.579. The second-order valence-corrected chi connectivity index (χ2v) is 8.78. The third-order valence-corrected chi connectivity index (χ3v) is 6.87. The van der Waals surface area contributed by atoms with E-state index in [1.807, 2.05) is 0 Å². The number of hydrogen-bond acceptors (Lipinski definition) is 7. The third-order valence-electron chi connectivity index (χ3n) is 4.95. The fourth-order valence-corrected chi connectivity index (χ4v) is 4.64. The number of rotatable bonds is 6. The van der Waals surface area contributed by atoms with Crippen molar-refractivity contribution in [3.8, 4) is 5.75 Å². The summed E-state index contributed by atoms with van der Waals surface area (Å²) >= 11 is 0. The van der Waals surface area contributed by atoms with Crippen molar-refractivity contribution in [2.24, 2.45) is 0 Å². The van der Waals surface area contributed by atoms with E-state index in [2.05, 4.69) is 0 Å². The summed E-state index contributed by atoms with van der Waals surface area (Å²) in [4.78, 5) is 27.4. The molecule has 2 aliphatic rings. The quantitative estimate of drug-likeness (QED) is 0.629. The molecule has 0 spiro atoms. The van der Waals surface area contributed by atoms with Crippen molar-refractivity contribution in [1.82, 2.24) is 14.1 Å². The first-order valence-electron chi connectivity index (χ1n) is 9.92. The minimum absolute atomic E-state index is 0.158. The maximum Gasteiger partial charge on any atom is 0.409 e. The molecule has 0 atom stereocenters. The largest absolute Gasteiger partial charge is 0.484 e. The summed E-state index contributed by atoms with van der Waals surface area (Å²) < 4.78 is 42.3. The number of benzene rings is 1. The molecule has 0 unspecified atom stereocenters. The summed E-state index contributed by atoms with van der Waals surface area (Å²) in [7, 11) is -3.56. The Balaban J connectivity index is 1.48. The Morgan fingerprint density at radius 1 is 0.967 bits per heavy atom. The SMILES string of the molecule is CCOC(=O)N1CCN(C(=O)COc2ccc(S(=O)(=O)N3CCOCC3)cc2)CC1. The Kier molecular flexibility index (Phi) is 7.51. The summed E-state index contributed by atoms with van der Waals surface area (Å²) in [6.07, 6.45) is -0.368. The lowest BCUT2D eigenvalue weighted by molar-refractivity contribution is -0.134. The van der Waals surface area contributed by atoms with E-state index < -0.39 is 10.0 Å². The average Bonchev–Trinajstić information content (AvgIpc) is 2.78. The average molecular weight is 442 g/mol. The van der Waals surface area contributed by atoms with E-state index in [0.717, 1.165) is 0 Å². The number of hydrogen-bond donors (Lipinski definition) is 0. The summed E-state index contributed by atoms with van der Waals surface area (Å²) in [5.74, 6) is 0.220. The summed E-state index contributed by atoms with van der Waals surface area (Å²) in [5.41, 5.74) is 0. The first kappa shape index (κ1) is 22.3. The highest BCUT2D eigenvalue weighted by atomic mass is 32.2. The summed E-state index contributed by atoms with van der Waals surface area (Å²) in [6.45, 7) is 5.00. The van der Waals surface area contributed by atoms with Crippen LogP contribution in [-0.2, 0) is 24.3 Å². The van der Waals surface area contributed by atoms with Crippen LogP contribution in [0.2, 0.25) is 0 Å². The molecule has 2 fully saturated rings. The third kappa shape index (κ3) is 5.41. The Labute approximate surface area is 176 Å². The highest BCUT2D eigenvalue weighted by molar-refractivity contribution is 7.89. The highest BCUT2D eigenvalue weighted by Crippen LogP contribution is 2.20. The van der Waals surface area contributed by atoms with Gasteiger partial charge in [-0.3, -0.25) is 4.79 Å². The van der Waals surface area contributed by atoms with Gasteiger partial charge in [-0.15, -0.1) is 0 Å². The van der Waals surface area contributed by atoms with Gasteiger partial charge in [-0.05, 0) is 31.2 Å². The van der Waals surface area contributed by atoms with Crippen molar-refractivity contribution in [3.05, 3.63) is 24.3 Å². The zero-order valence-electron chi connectivity index (χ0n) is 17.0. The van der Waals surface area contributed by atoms with Crippen molar-refractivity contribution in [3.63, 3.8) is 0 Å². The van der Waals surface area contributed by atoms with Crippen molar-refractivity contribution in [1.29, 1.82) is 0 Å². The molecule has 2 amide bonds. The first-order chi connectivity index (χ1) is 14.4. The molecule has 0 aliphatic carbocycles. The second kappa shape index (κ2) is 10.1. The number of morpholine rings is 1. The number of ether oxygens (including phenoxy) is 3. The van der Waals surface area contributed by atoms with Gasteiger partial charge in [0.15, 0.2) is 6.61 Å². The van der Waals surface area contributed by atoms with Crippen LogP contribution in [-0.4, -0.2) is 100 Å². The molecule has 2 heterocycles. The molecular formula is C19H27N3O7S. The minimum atomic E-state index is -3.56. The predicted octanol–water partition coefficient (Wildman–Crippen LogP) is 0.387. The lowest BCUT2D eigenvalue weighted by atomic mass is 10.3. The van der Waals surface area contributed by atoms with Gasteiger partial charge in [-0.2, -0.15) is 4.31 Å². The molecule has 0 bridgehead atoms. The summed E-state index contributed by atoms with van der Waals surface area (Å²) in [6, 6.07) is 6.03. The van der Waals surface area contributed by atoms with Gasteiger partial charge >= 0.3 is 6.09 Å². The molecule has 11 heteroatoms. The Morgan fingerprint density at radius 3 is 2.17 bits per heavy atom. The number of amides is 2. The molecule has 30 heavy (non-hydrogen) atoms. The van der Waals surface area contributed by atoms with E-state index in [1.54, 1.807) is 28.9 Å². The van der Waals surface area contributed by atoms with E-state index >= 15 is 0 Å². The minimum Gasteiger partial charge on any atom is -0.484 e. The van der Waals surface area contributed by atoms with Crippen molar-refractivity contribution >= 4 is 22.0 Å². The molecule has 2 aliphatic heterocycles. The van der Waals surface area contributed by atoms with Gasteiger partial charge in [0.05, 0.1) is 24.7 Å². The fourth-order valence-electron chi connectivity index (χ4n) is 3.23. The normalized spacial score (nSPS) is 18.2. The van der Waals surface area contributed by atoms with Crippen LogP contribution in [0.3, 0.4) is 0 Å². The molecule has 0 radical (unpaired) electrons. The zero-order chi connectivity index (χ0) is 21.6. The van der Waals surface area contributed by atoms with Crippen LogP contribution in [0.5, 0.6) is 5.75 Å². The van der Waals surface area contributed by atoms with E-state index in [-0.39, 0.29) is 23.5 Å². The van der Waals surface area contributed by atoms with Crippen LogP contribution in [0.1, 0.15) is 6.92 Å². The van der Waals surface area contributed by atoms with Crippen LogP contribution in [0.25, 0.3) is 0 Å². The van der Waals surface area contributed by atoms with Gasteiger partial charge < -0.3 is 24.0 Å². The van der Waals surface area contributed by atoms with E-state index in [0.29, 0.717) is 64.8 Å². The van der Waals surface area contributed by atoms with Crippen LogP contribution >= 0.6 is 0 Å². The monoisotopic (exact) mass is 441 g/mol. The van der Waals surface area contributed by atoms with Gasteiger partial charge in [0.2, 0.25) is 10.0 Å². The molecular weight excluding hydrogens is 414 g/mol. The molecule has 2 saturated heterocycles. The Hall–Kier alpha value is -2.37. The van der Waals surface area contributed by atoms with E-state index in [1.165, 1.54) is 16.4 Å². The lowest BCUT2D eigenvalue weighted by Gasteiger charge is -2.33. The number of nitrogens with zero attached hydrogens (tertiary/aromatic N) is 3. The van der Waals surface area contributed by atoms with Gasteiger partial charge in [0.1, 0.15) is 5.75 Å². The summed E-state index contributed by atoms with van der Waals surface area (Å²) in [5, 5.41) is 0. The van der Waals surface area contributed by atoms with Crippen LogP contribution in [0.15, 0.2) is 29.2 Å². The molecule has 166 valence electrons. The first-order valence-corrected chi connectivity index (χ1v) is 11.4. The molecule has 0 saturated carbocycles. The predicted molar refractivity (Wildman–Crippen MR) is 107 cm³/mol. The van der Waals surface area contributed by atoms with Gasteiger partial charge in [-0.25, -0.2) is 13.2 Å². The lowest BCUT2D eigenvalue weighted by Crippen LogP contribution is -2.51. The number of carbonyl (C=O) groups is 2. The smallest absolute Gasteiger partial charge is 0.409 e. The Bertz CT molecular complexity index is 830. The van der Waals surface area contributed by atoms with Crippen molar-refractivity contribution in [2.45, 2.75) is 11.8 Å². The Morgan fingerprint density at radius 2 is 1.57 bits per heavy atom. The van der Waals surface area contributed by atoms with Gasteiger partial charge in [-0.1, -0.05) is 0 Å². The number of carbonyl (C=O) groups excluding carboxylic acids is 2.